The summed E-state index contributed by atoms with van der Waals surface area (Å²) in [7, 11) is 0. The lowest BCUT2D eigenvalue weighted by atomic mass is 9.79. The Bertz CT molecular complexity index is 884. The molecule has 0 spiro atoms. The van der Waals surface area contributed by atoms with E-state index in [1.54, 1.807) is 4.52 Å². The van der Waals surface area contributed by atoms with Crippen molar-refractivity contribution in [2.45, 2.75) is 104 Å². The molecule has 0 atom stereocenters. The lowest BCUT2D eigenvalue weighted by molar-refractivity contribution is -0.135. The Morgan fingerprint density at radius 1 is 1.23 bits per heavy atom. The molecule has 7 nitrogen and oxygen atoms in total. The van der Waals surface area contributed by atoms with Gasteiger partial charge in [-0.2, -0.15) is 10.1 Å². The minimum atomic E-state index is 0.0202. The molecule has 0 bridgehead atoms. The number of unbranched alkanes of at least 4 members (excludes halogenated alkanes) is 1. The highest BCUT2D eigenvalue weighted by atomic mass is 16.2. The predicted octanol–water partition coefficient (Wildman–Crippen LogP) is 3.61. The molecule has 0 radical (unpaired) electrons. The second kappa shape index (κ2) is 8.61. The number of aryl methyl sites for hydroxylation is 2. The molecule has 2 aromatic rings. The van der Waals surface area contributed by atoms with E-state index in [0.717, 1.165) is 49.2 Å². The van der Waals surface area contributed by atoms with Crippen molar-refractivity contribution in [2.75, 3.05) is 6.54 Å². The van der Waals surface area contributed by atoms with E-state index in [4.69, 9.17) is 0 Å². The summed E-state index contributed by atoms with van der Waals surface area (Å²) in [4.78, 5) is 24.3. The van der Waals surface area contributed by atoms with Gasteiger partial charge in [-0.1, -0.05) is 13.3 Å². The average molecular weight is 415 g/mol. The number of fused-ring (bicyclic) bond motifs is 1. The number of piperidine rings is 1. The van der Waals surface area contributed by atoms with Crippen LogP contribution in [0.3, 0.4) is 0 Å². The van der Waals surface area contributed by atoms with Crippen LogP contribution in [-0.4, -0.2) is 54.1 Å². The topological polar surface area (TPSA) is 75.4 Å². The standard InChI is InChI=1S/C23H38N6O/c1-8-9-12-28(18-13-22(4,5)27-23(6,7)14-18)20(30)11-10-19-16(2)26-21-24-15-25-29(21)17(19)3/h15,18,27H,8-14H2,1-7H3. The summed E-state index contributed by atoms with van der Waals surface area (Å²) in [5.74, 6) is 0.864. The predicted molar refractivity (Wildman–Crippen MR) is 120 cm³/mol. The fourth-order valence-electron chi connectivity index (χ4n) is 5.22. The van der Waals surface area contributed by atoms with Crippen LogP contribution in [0, 0.1) is 13.8 Å². The Hall–Kier alpha value is -2.02. The van der Waals surface area contributed by atoms with Gasteiger partial charge in [0.05, 0.1) is 0 Å². The number of aromatic nitrogens is 4. The van der Waals surface area contributed by atoms with E-state index in [-0.39, 0.29) is 23.0 Å². The van der Waals surface area contributed by atoms with Gasteiger partial charge in [-0.15, -0.1) is 0 Å². The molecule has 1 N–H and O–H groups in total. The quantitative estimate of drug-likeness (QED) is 0.749. The SMILES string of the molecule is CCCCN(C(=O)CCc1c(C)nc2ncnn2c1C)C1CC(C)(C)NC(C)(C)C1. The molecule has 1 aliphatic heterocycles. The minimum absolute atomic E-state index is 0.0202. The zero-order valence-corrected chi connectivity index (χ0v) is 19.7. The molecule has 1 saturated heterocycles. The highest BCUT2D eigenvalue weighted by molar-refractivity contribution is 5.77. The summed E-state index contributed by atoms with van der Waals surface area (Å²) in [5.41, 5.74) is 3.10. The molecule has 166 valence electrons. The Morgan fingerprint density at radius 3 is 2.53 bits per heavy atom. The Morgan fingerprint density at radius 2 is 1.90 bits per heavy atom. The van der Waals surface area contributed by atoms with Crippen molar-refractivity contribution >= 4 is 11.7 Å². The van der Waals surface area contributed by atoms with Crippen LogP contribution in [0.2, 0.25) is 0 Å². The first-order valence-electron chi connectivity index (χ1n) is 11.3. The highest BCUT2D eigenvalue weighted by Crippen LogP contribution is 2.32. The van der Waals surface area contributed by atoms with Gasteiger partial charge < -0.3 is 10.2 Å². The fraction of sp³-hybridized carbons (Fsp3) is 0.739. The second-order valence-corrected chi connectivity index (χ2v) is 10.1. The maximum atomic E-state index is 13.4. The first-order valence-corrected chi connectivity index (χ1v) is 11.3. The van der Waals surface area contributed by atoms with Crippen molar-refractivity contribution < 1.29 is 4.79 Å². The lowest BCUT2D eigenvalue weighted by Gasteiger charge is -2.49. The van der Waals surface area contributed by atoms with Crippen molar-refractivity contribution in [3.63, 3.8) is 0 Å². The monoisotopic (exact) mass is 414 g/mol. The summed E-state index contributed by atoms with van der Waals surface area (Å²) < 4.78 is 1.76. The number of carbonyl (C=O) groups is 1. The summed E-state index contributed by atoms with van der Waals surface area (Å²) in [6.07, 6.45) is 6.80. The number of hydrogen-bond acceptors (Lipinski definition) is 5. The van der Waals surface area contributed by atoms with Crippen molar-refractivity contribution in [3.8, 4) is 0 Å². The molecule has 1 aliphatic rings. The third kappa shape index (κ3) is 4.99. The minimum Gasteiger partial charge on any atom is -0.340 e. The normalized spacial score (nSPS) is 18.6. The van der Waals surface area contributed by atoms with Gasteiger partial charge >= 0.3 is 0 Å². The molecule has 30 heavy (non-hydrogen) atoms. The van der Waals surface area contributed by atoms with Gasteiger partial charge in [0, 0.05) is 41.5 Å². The first-order chi connectivity index (χ1) is 14.0. The largest absolute Gasteiger partial charge is 0.340 e. The molecule has 0 unspecified atom stereocenters. The molecular formula is C23H38N6O. The van der Waals surface area contributed by atoms with Gasteiger partial charge in [0.15, 0.2) is 0 Å². The molecule has 0 saturated carbocycles. The van der Waals surface area contributed by atoms with Gasteiger partial charge in [-0.25, -0.2) is 9.50 Å². The zero-order chi connectivity index (χ0) is 22.1. The van der Waals surface area contributed by atoms with E-state index in [9.17, 15) is 4.79 Å². The van der Waals surface area contributed by atoms with Crippen molar-refractivity contribution in [1.29, 1.82) is 0 Å². The molecule has 3 heterocycles. The third-order valence-electron chi connectivity index (χ3n) is 6.26. The Kier molecular flexibility index (Phi) is 6.51. The van der Waals surface area contributed by atoms with Crippen LogP contribution >= 0.6 is 0 Å². The lowest BCUT2D eigenvalue weighted by Crippen LogP contribution is -2.62. The third-order valence-corrected chi connectivity index (χ3v) is 6.26. The fourth-order valence-corrected chi connectivity index (χ4v) is 5.22. The van der Waals surface area contributed by atoms with Crippen molar-refractivity contribution in [1.82, 2.24) is 29.8 Å². The van der Waals surface area contributed by atoms with E-state index in [2.05, 4.69) is 59.9 Å². The average Bonchev–Trinajstić information content (AvgIpc) is 3.07. The Labute approximate surface area is 180 Å². The van der Waals surface area contributed by atoms with Crippen LogP contribution in [0.15, 0.2) is 6.33 Å². The maximum absolute atomic E-state index is 13.4. The van der Waals surface area contributed by atoms with E-state index >= 15 is 0 Å². The summed E-state index contributed by atoms with van der Waals surface area (Å²) in [5, 5.41) is 8.01. The summed E-state index contributed by atoms with van der Waals surface area (Å²) >= 11 is 0. The molecule has 1 amide bonds. The first kappa shape index (κ1) is 22.7. The van der Waals surface area contributed by atoms with E-state index in [1.807, 2.05) is 13.8 Å². The van der Waals surface area contributed by atoms with Crippen LogP contribution in [0.5, 0.6) is 0 Å². The van der Waals surface area contributed by atoms with Gasteiger partial charge in [0.25, 0.3) is 5.78 Å². The van der Waals surface area contributed by atoms with Crippen LogP contribution in [0.25, 0.3) is 5.78 Å². The molecule has 0 aliphatic carbocycles. The highest BCUT2D eigenvalue weighted by Gasteiger charge is 2.40. The van der Waals surface area contributed by atoms with Crippen LogP contribution in [0.1, 0.15) is 83.7 Å². The van der Waals surface area contributed by atoms with Gasteiger partial charge in [-0.3, -0.25) is 4.79 Å². The van der Waals surface area contributed by atoms with E-state index in [1.165, 1.54) is 6.33 Å². The number of nitrogens with one attached hydrogen (secondary N) is 1. The number of hydrogen-bond donors (Lipinski definition) is 1. The number of rotatable bonds is 7. The molecular weight excluding hydrogens is 376 g/mol. The second-order valence-electron chi connectivity index (χ2n) is 10.1. The zero-order valence-electron chi connectivity index (χ0n) is 19.7. The van der Waals surface area contributed by atoms with Gasteiger partial charge in [-0.05, 0) is 72.8 Å². The molecule has 0 aromatic carbocycles. The molecule has 1 fully saturated rings. The smallest absolute Gasteiger partial charge is 0.252 e. The van der Waals surface area contributed by atoms with Crippen LogP contribution in [0.4, 0.5) is 0 Å². The molecule has 3 rings (SSSR count). The van der Waals surface area contributed by atoms with Crippen LogP contribution in [-0.2, 0) is 11.2 Å². The van der Waals surface area contributed by atoms with Crippen molar-refractivity contribution in [3.05, 3.63) is 23.3 Å². The van der Waals surface area contributed by atoms with Gasteiger partial charge in [0.2, 0.25) is 5.91 Å². The summed E-state index contributed by atoms with van der Waals surface area (Å²) in [6.45, 7) is 16.0. The number of amides is 1. The maximum Gasteiger partial charge on any atom is 0.252 e. The summed E-state index contributed by atoms with van der Waals surface area (Å²) in [6, 6.07) is 0.272. The van der Waals surface area contributed by atoms with E-state index < -0.39 is 0 Å². The molecule has 2 aromatic heterocycles. The van der Waals surface area contributed by atoms with Gasteiger partial charge in [0.1, 0.15) is 6.33 Å². The van der Waals surface area contributed by atoms with Crippen LogP contribution < -0.4 is 5.32 Å². The van der Waals surface area contributed by atoms with E-state index in [0.29, 0.717) is 18.6 Å². The molecule has 7 heteroatoms. The van der Waals surface area contributed by atoms with Crippen molar-refractivity contribution in [2.24, 2.45) is 0 Å². The number of carbonyl (C=O) groups excluding carboxylic acids is 1. The Balaban J connectivity index is 1.78. The number of nitrogens with zero attached hydrogens (tertiary/aromatic N) is 5.